The Balaban J connectivity index is 2.60. The molecule has 3 nitrogen and oxygen atoms in total. The third-order valence-corrected chi connectivity index (χ3v) is 4.88. The van der Waals surface area contributed by atoms with Crippen LogP contribution in [0.15, 0.2) is 30.3 Å². The summed E-state index contributed by atoms with van der Waals surface area (Å²) in [5, 5.41) is 2.75. The zero-order valence-electron chi connectivity index (χ0n) is 10.7. The number of benzene rings is 1. The van der Waals surface area contributed by atoms with Gasteiger partial charge in [-0.1, -0.05) is 30.3 Å². The summed E-state index contributed by atoms with van der Waals surface area (Å²) in [7, 11) is -1.16. The van der Waals surface area contributed by atoms with Gasteiger partial charge in [-0.2, -0.15) is 0 Å². The second kappa shape index (κ2) is 6.17. The van der Waals surface area contributed by atoms with Gasteiger partial charge in [0.2, 0.25) is 0 Å². The van der Waals surface area contributed by atoms with E-state index in [-0.39, 0.29) is 11.3 Å². The topological polar surface area (TPSA) is 46.2 Å². The molecule has 0 amide bonds. The molecule has 4 heteroatoms. The average Bonchev–Trinajstić information content (AvgIpc) is 2.30. The van der Waals surface area contributed by atoms with E-state index in [1.807, 2.05) is 25.2 Å². The molecule has 1 N–H and O–H groups in total. The van der Waals surface area contributed by atoms with Gasteiger partial charge in [0.05, 0.1) is 5.25 Å². The maximum Gasteiger partial charge on any atom is 0.151 e. The van der Waals surface area contributed by atoms with Crippen LogP contribution in [0.2, 0.25) is 0 Å². The lowest BCUT2D eigenvalue weighted by molar-refractivity contribution is 0.492. The van der Waals surface area contributed by atoms with Gasteiger partial charge in [0, 0.05) is 12.3 Å². The lowest BCUT2D eigenvalue weighted by atomic mass is 10.0. The van der Waals surface area contributed by atoms with Gasteiger partial charge >= 0.3 is 0 Å². The molecule has 0 radical (unpaired) electrons. The smallest absolute Gasteiger partial charge is 0.151 e. The molecule has 0 aliphatic rings. The van der Waals surface area contributed by atoms with E-state index in [1.165, 1.54) is 11.8 Å². The summed E-state index contributed by atoms with van der Waals surface area (Å²) in [5.41, 5.74) is 1.24. The van der Waals surface area contributed by atoms with Crippen LogP contribution in [-0.2, 0) is 16.3 Å². The van der Waals surface area contributed by atoms with E-state index in [4.69, 9.17) is 0 Å². The maximum atomic E-state index is 11.5. The molecule has 17 heavy (non-hydrogen) atoms. The summed E-state index contributed by atoms with van der Waals surface area (Å²) < 4.78 is 23.0. The SMILES string of the molecule is CNC(CCc1ccccc1)C(C)S(C)(=O)=O. The van der Waals surface area contributed by atoms with Crippen LogP contribution < -0.4 is 5.32 Å². The summed E-state index contributed by atoms with van der Waals surface area (Å²) in [4.78, 5) is 0. The second-order valence-corrected chi connectivity index (χ2v) is 6.86. The molecule has 0 fully saturated rings. The Hall–Kier alpha value is -0.870. The van der Waals surface area contributed by atoms with Gasteiger partial charge in [-0.25, -0.2) is 8.42 Å². The zero-order valence-corrected chi connectivity index (χ0v) is 11.5. The predicted octanol–water partition coefficient (Wildman–Crippen LogP) is 1.64. The number of hydrogen-bond acceptors (Lipinski definition) is 3. The Bertz CT molecular complexity index is 428. The minimum absolute atomic E-state index is 0.00482. The van der Waals surface area contributed by atoms with Crippen LogP contribution in [0.25, 0.3) is 0 Å². The second-order valence-electron chi connectivity index (χ2n) is 4.45. The first-order chi connectivity index (χ1) is 7.95. The third-order valence-electron chi connectivity index (χ3n) is 3.20. The highest BCUT2D eigenvalue weighted by Crippen LogP contribution is 2.11. The van der Waals surface area contributed by atoms with Gasteiger partial charge in [-0.3, -0.25) is 0 Å². The van der Waals surface area contributed by atoms with Crippen LogP contribution in [0.4, 0.5) is 0 Å². The highest BCUT2D eigenvalue weighted by molar-refractivity contribution is 7.91. The van der Waals surface area contributed by atoms with E-state index in [1.54, 1.807) is 6.92 Å². The zero-order chi connectivity index (χ0) is 12.9. The summed E-state index contributed by atoms with van der Waals surface area (Å²) >= 11 is 0. The van der Waals surface area contributed by atoms with Gasteiger partial charge in [0.1, 0.15) is 0 Å². The van der Waals surface area contributed by atoms with Gasteiger partial charge < -0.3 is 5.32 Å². The molecule has 2 unspecified atom stereocenters. The number of sulfone groups is 1. The highest BCUT2D eigenvalue weighted by atomic mass is 32.2. The van der Waals surface area contributed by atoms with E-state index >= 15 is 0 Å². The van der Waals surface area contributed by atoms with Crippen LogP contribution in [0.3, 0.4) is 0 Å². The first-order valence-corrected chi connectivity index (χ1v) is 7.80. The van der Waals surface area contributed by atoms with Gasteiger partial charge in [-0.05, 0) is 32.4 Å². The Morgan fingerprint density at radius 1 is 1.24 bits per heavy atom. The minimum atomic E-state index is -2.98. The largest absolute Gasteiger partial charge is 0.316 e. The van der Waals surface area contributed by atoms with Crippen molar-refractivity contribution < 1.29 is 8.42 Å². The van der Waals surface area contributed by atoms with Crippen molar-refractivity contribution in [3.8, 4) is 0 Å². The fraction of sp³-hybridized carbons (Fsp3) is 0.538. The molecule has 96 valence electrons. The summed E-state index contributed by atoms with van der Waals surface area (Å²) in [6, 6.07) is 10.1. The number of rotatable bonds is 6. The molecule has 0 saturated carbocycles. The Morgan fingerprint density at radius 2 is 1.82 bits per heavy atom. The first-order valence-electron chi connectivity index (χ1n) is 5.85. The average molecular weight is 255 g/mol. The standard InChI is InChI=1S/C13H21NO2S/c1-11(17(3,15)16)13(14-2)10-9-12-7-5-4-6-8-12/h4-8,11,13-14H,9-10H2,1-3H3. The number of nitrogens with one attached hydrogen (secondary N) is 1. The highest BCUT2D eigenvalue weighted by Gasteiger charge is 2.24. The van der Waals surface area contributed by atoms with Crippen LogP contribution in [0, 0.1) is 0 Å². The fourth-order valence-corrected chi connectivity index (χ4v) is 2.75. The fourth-order valence-electron chi connectivity index (χ4n) is 1.88. The maximum absolute atomic E-state index is 11.5. The predicted molar refractivity (Wildman–Crippen MR) is 71.9 cm³/mol. The van der Waals surface area contributed by atoms with Gasteiger partial charge in [-0.15, -0.1) is 0 Å². The summed E-state index contributed by atoms with van der Waals surface area (Å²) in [6.07, 6.45) is 3.02. The van der Waals surface area contributed by atoms with Crippen molar-refractivity contribution in [2.75, 3.05) is 13.3 Å². The van der Waals surface area contributed by atoms with Gasteiger partial charge in [0.15, 0.2) is 9.84 Å². The lowest BCUT2D eigenvalue weighted by Crippen LogP contribution is -2.40. The Morgan fingerprint density at radius 3 is 2.29 bits per heavy atom. The molecule has 2 atom stereocenters. The molecular weight excluding hydrogens is 234 g/mol. The van der Waals surface area contributed by atoms with Crippen molar-refractivity contribution in [2.24, 2.45) is 0 Å². The Labute approximate surface area is 104 Å². The van der Waals surface area contributed by atoms with Crippen LogP contribution >= 0.6 is 0 Å². The normalized spacial score (nSPS) is 15.5. The van der Waals surface area contributed by atoms with Crippen molar-refractivity contribution in [3.63, 3.8) is 0 Å². The van der Waals surface area contributed by atoms with Crippen molar-refractivity contribution in [1.82, 2.24) is 5.32 Å². The number of hydrogen-bond donors (Lipinski definition) is 1. The third kappa shape index (κ3) is 4.48. The van der Waals surface area contributed by atoms with Crippen molar-refractivity contribution >= 4 is 9.84 Å². The van der Waals surface area contributed by atoms with E-state index in [0.29, 0.717) is 0 Å². The monoisotopic (exact) mass is 255 g/mol. The quantitative estimate of drug-likeness (QED) is 0.840. The van der Waals surface area contributed by atoms with Gasteiger partial charge in [0.25, 0.3) is 0 Å². The summed E-state index contributed by atoms with van der Waals surface area (Å²) in [5.74, 6) is 0. The molecule has 0 spiro atoms. The molecule has 0 bridgehead atoms. The molecule has 1 rings (SSSR count). The van der Waals surface area contributed by atoms with E-state index in [0.717, 1.165) is 12.8 Å². The number of aryl methyl sites for hydroxylation is 1. The first kappa shape index (κ1) is 14.2. The summed E-state index contributed by atoms with van der Waals surface area (Å²) in [6.45, 7) is 1.77. The molecule has 0 aliphatic heterocycles. The molecule has 0 aliphatic carbocycles. The lowest BCUT2D eigenvalue weighted by Gasteiger charge is -2.22. The Kier molecular flexibility index (Phi) is 5.15. The van der Waals surface area contributed by atoms with E-state index in [9.17, 15) is 8.42 Å². The molecule has 1 aromatic carbocycles. The van der Waals surface area contributed by atoms with Crippen molar-refractivity contribution in [1.29, 1.82) is 0 Å². The molecule has 0 aromatic heterocycles. The van der Waals surface area contributed by atoms with E-state index < -0.39 is 9.84 Å². The molecular formula is C13H21NO2S. The molecule has 0 heterocycles. The van der Waals surface area contributed by atoms with E-state index in [2.05, 4.69) is 17.4 Å². The van der Waals surface area contributed by atoms with Crippen LogP contribution in [0.5, 0.6) is 0 Å². The van der Waals surface area contributed by atoms with Crippen LogP contribution in [0.1, 0.15) is 18.9 Å². The molecule has 1 aromatic rings. The molecule has 0 saturated heterocycles. The minimum Gasteiger partial charge on any atom is -0.316 e. The van der Waals surface area contributed by atoms with Crippen molar-refractivity contribution in [2.45, 2.75) is 31.1 Å². The van der Waals surface area contributed by atoms with Crippen LogP contribution in [-0.4, -0.2) is 33.0 Å². The van der Waals surface area contributed by atoms with Crippen molar-refractivity contribution in [3.05, 3.63) is 35.9 Å².